The lowest BCUT2D eigenvalue weighted by atomic mass is 9.76. The van der Waals surface area contributed by atoms with E-state index in [1.54, 1.807) is 30.3 Å². The predicted octanol–water partition coefficient (Wildman–Crippen LogP) is 8.62. The Morgan fingerprint density at radius 3 is 2.30 bits per heavy atom. The molecule has 4 rings (SSSR count). The van der Waals surface area contributed by atoms with E-state index in [1.165, 1.54) is 0 Å². The Morgan fingerprint density at radius 2 is 1.65 bits per heavy atom. The van der Waals surface area contributed by atoms with E-state index in [-0.39, 0.29) is 29.5 Å². The number of hydrogen-bond acceptors (Lipinski definition) is 2. The number of aryl methyl sites for hydroxylation is 1. The van der Waals surface area contributed by atoms with Gasteiger partial charge in [0.2, 0.25) is 0 Å². The second kappa shape index (κ2) is 13.0. The molecule has 2 fully saturated rings. The molecule has 2 aliphatic rings. The number of aliphatic hydroxyl groups excluding tert-OH is 1. The van der Waals surface area contributed by atoms with Gasteiger partial charge in [0.15, 0.2) is 23.2 Å². The van der Waals surface area contributed by atoms with Crippen LogP contribution in [-0.2, 0) is 6.42 Å². The van der Waals surface area contributed by atoms with Gasteiger partial charge in [0, 0.05) is 0 Å². The summed E-state index contributed by atoms with van der Waals surface area (Å²) in [4.78, 5) is 0. The lowest BCUT2D eigenvalue weighted by Crippen LogP contribution is -2.23. The first-order valence-electron chi connectivity index (χ1n) is 14.0. The van der Waals surface area contributed by atoms with Gasteiger partial charge in [-0.15, -0.1) is 6.58 Å². The third kappa shape index (κ3) is 6.98. The minimum atomic E-state index is -0.685. The van der Waals surface area contributed by atoms with Crippen molar-refractivity contribution < 1.29 is 23.0 Å². The van der Waals surface area contributed by atoms with E-state index in [0.29, 0.717) is 42.4 Å². The minimum absolute atomic E-state index is 0.0337. The Balaban J connectivity index is 1.27. The number of hydrogen-bond donors (Lipinski definition) is 1. The molecular weight excluding hydrogens is 473 g/mol. The molecule has 1 atom stereocenters. The van der Waals surface area contributed by atoms with E-state index < -0.39 is 11.6 Å². The van der Waals surface area contributed by atoms with Crippen LogP contribution in [0.15, 0.2) is 43.0 Å². The van der Waals surface area contributed by atoms with Gasteiger partial charge in [-0.25, -0.2) is 13.2 Å². The smallest absolute Gasteiger partial charge is 0.165 e. The van der Waals surface area contributed by atoms with E-state index in [1.807, 2.05) is 13.0 Å². The average molecular weight is 515 g/mol. The Hall–Kier alpha value is -2.27. The molecular formula is C32H41F3O2. The SMILES string of the molecule is C=CCCOc1ccc(C2CCC(CCc3ccc(C4CCC(C(C)O)CC4)c(F)c3F)CC2)cc1F. The maximum atomic E-state index is 15.0. The first-order chi connectivity index (χ1) is 17.9. The maximum absolute atomic E-state index is 15.0. The first kappa shape index (κ1) is 27.8. The van der Waals surface area contributed by atoms with E-state index in [4.69, 9.17) is 4.74 Å². The molecule has 37 heavy (non-hydrogen) atoms. The molecule has 2 saturated carbocycles. The van der Waals surface area contributed by atoms with Crippen molar-refractivity contribution in [2.75, 3.05) is 6.61 Å². The molecule has 0 saturated heterocycles. The highest BCUT2D eigenvalue weighted by Gasteiger charge is 2.29. The van der Waals surface area contributed by atoms with E-state index in [2.05, 4.69) is 6.58 Å². The summed E-state index contributed by atoms with van der Waals surface area (Å²) >= 11 is 0. The van der Waals surface area contributed by atoms with Crippen LogP contribution in [0.1, 0.15) is 99.7 Å². The van der Waals surface area contributed by atoms with Crippen LogP contribution in [0.3, 0.4) is 0 Å². The van der Waals surface area contributed by atoms with Gasteiger partial charge in [0.05, 0.1) is 12.7 Å². The van der Waals surface area contributed by atoms with Crippen molar-refractivity contribution in [2.45, 2.75) is 95.5 Å². The Kier molecular flexibility index (Phi) is 9.75. The maximum Gasteiger partial charge on any atom is 0.165 e. The lowest BCUT2D eigenvalue weighted by molar-refractivity contribution is 0.0963. The Bertz CT molecular complexity index is 1030. The van der Waals surface area contributed by atoms with Gasteiger partial charge in [0.1, 0.15) is 0 Å². The zero-order valence-electron chi connectivity index (χ0n) is 22.0. The van der Waals surface area contributed by atoms with Crippen molar-refractivity contribution in [3.63, 3.8) is 0 Å². The zero-order valence-corrected chi connectivity index (χ0v) is 22.0. The quantitative estimate of drug-likeness (QED) is 0.254. The summed E-state index contributed by atoms with van der Waals surface area (Å²) in [5.74, 6) is -0.307. The third-order valence-electron chi connectivity index (χ3n) is 8.76. The fourth-order valence-corrected chi connectivity index (χ4v) is 6.31. The van der Waals surface area contributed by atoms with Crippen LogP contribution < -0.4 is 4.74 Å². The molecule has 0 aromatic heterocycles. The molecule has 2 aromatic carbocycles. The summed E-state index contributed by atoms with van der Waals surface area (Å²) in [7, 11) is 0. The molecule has 2 aliphatic carbocycles. The van der Waals surface area contributed by atoms with E-state index in [0.717, 1.165) is 63.4 Å². The molecule has 0 radical (unpaired) electrons. The highest BCUT2D eigenvalue weighted by Crippen LogP contribution is 2.40. The highest BCUT2D eigenvalue weighted by atomic mass is 19.2. The zero-order chi connectivity index (χ0) is 26.4. The van der Waals surface area contributed by atoms with Crippen LogP contribution >= 0.6 is 0 Å². The topological polar surface area (TPSA) is 29.5 Å². The van der Waals surface area contributed by atoms with Gasteiger partial charge in [-0.05, 0) is 130 Å². The molecule has 0 heterocycles. The number of ether oxygens (including phenoxy) is 1. The van der Waals surface area contributed by atoms with Gasteiger partial charge in [-0.1, -0.05) is 24.3 Å². The monoisotopic (exact) mass is 514 g/mol. The molecule has 0 bridgehead atoms. The van der Waals surface area contributed by atoms with Crippen LogP contribution in [-0.4, -0.2) is 17.8 Å². The fourth-order valence-electron chi connectivity index (χ4n) is 6.31. The molecule has 2 aromatic rings. The van der Waals surface area contributed by atoms with Crippen LogP contribution in [0.4, 0.5) is 13.2 Å². The van der Waals surface area contributed by atoms with Crippen molar-refractivity contribution in [2.24, 2.45) is 11.8 Å². The second-order valence-corrected chi connectivity index (χ2v) is 11.2. The number of rotatable bonds is 10. The summed E-state index contributed by atoms with van der Waals surface area (Å²) in [6.07, 6.45) is 10.7. The summed E-state index contributed by atoms with van der Waals surface area (Å²) < 4.78 is 49.9. The minimum Gasteiger partial charge on any atom is -0.490 e. The molecule has 0 aliphatic heterocycles. The summed E-state index contributed by atoms with van der Waals surface area (Å²) in [6.45, 7) is 5.88. The summed E-state index contributed by atoms with van der Waals surface area (Å²) in [6, 6.07) is 8.86. The van der Waals surface area contributed by atoms with E-state index >= 15 is 0 Å². The van der Waals surface area contributed by atoms with Gasteiger partial charge in [0.25, 0.3) is 0 Å². The van der Waals surface area contributed by atoms with Crippen LogP contribution in [0, 0.1) is 29.3 Å². The van der Waals surface area contributed by atoms with E-state index in [9.17, 15) is 18.3 Å². The van der Waals surface area contributed by atoms with Gasteiger partial charge in [-0.3, -0.25) is 0 Å². The molecule has 1 N–H and O–H groups in total. The van der Waals surface area contributed by atoms with Crippen molar-refractivity contribution >= 4 is 0 Å². The van der Waals surface area contributed by atoms with Crippen LogP contribution in [0.25, 0.3) is 0 Å². The molecule has 0 amide bonds. The van der Waals surface area contributed by atoms with Crippen molar-refractivity contribution in [1.82, 2.24) is 0 Å². The second-order valence-electron chi connectivity index (χ2n) is 11.2. The van der Waals surface area contributed by atoms with Crippen LogP contribution in [0.2, 0.25) is 0 Å². The third-order valence-corrected chi connectivity index (χ3v) is 8.76. The molecule has 5 heteroatoms. The summed E-state index contributed by atoms with van der Waals surface area (Å²) in [5, 5.41) is 9.81. The molecule has 1 unspecified atom stereocenters. The van der Waals surface area contributed by atoms with Crippen LogP contribution in [0.5, 0.6) is 5.75 Å². The Labute approximate surface area is 219 Å². The fraction of sp³-hybridized carbons (Fsp3) is 0.562. The normalized spacial score (nSPS) is 25.0. The standard InChI is InChI=1S/C32H41F3O2/c1-3-4-19-37-30-18-16-27(20-29(30)33)24-8-5-22(6-9-24)7-10-26-15-17-28(32(35)31(26)34)25-13-11-23(12-14-25)21(2)36/h3,15-18,20-25,36H,1,4-14,19H2,2H3. The van der Waals surface area contributed by atoms with Crippen molar-refractivity contribution in [3.8, 4) is 5.75 Å². The predicted molar refractivity (Wildman–Crippen MR) is 142 cm³/mol. The lowest BCUT2D eigenvalue weighted by Gasteiger charge is -2.31. The summed E-state index contributed by atoms with van der Waals surface area (Å²) in [5.41, 5.74) is 1.98. The molecule has 202 valence electrons. The number of halogens is 3. The largest absolute Gasteiger partial charge is 0.490 e. The van der Waals surface area contributed by atoms with Gasteiger partial charge in [-0.2, -0.15) is 0 Å². The number of benzene rings is 2. The highest BCUT2D eigenvalue weighted by molar-refractivity contribution is 5.32. The van der Waals surface area contributed by atoms with Gasteiger partial charge >= 0.3 is 0 Å². The van der Waals surface area contributed by atoms with Crippen molar-refractivity contribution in [1.29, 1.82) is 0 Å². The average Bonchev–Trinajstić information content (AvgIpc) is 2.91. The first-order valence-corrected chi connectivity index (χ1v) is 14.0. The number of aliphatic hydroxyl groups is 1. The molecule has 0 spiro atoms. The Morgan fingerprint density at radius 1 is 0.946 bits per heavy atom. The van der Waals surface area contributed by atoms with Gasteiger partial charge < -0.3 is 9.84 Å². The van der Waals surface area contributed by atoms with Crippen molar-refractivity contribution in [3.05, 3.63) is 77.1 Å². The molecule has 2 nitrogen and oxygen atoms in total.